The van der Waals surface area contributed by atoms with E-state index in [0.717, 1.165) is 39.9 Å². The Labute approximate surface area is 263 Å². The third-order valence-electron chi connectivity index (χ3n) is 8.16. The number of benzene rings is 3. The van der Waals surface area contributed by atoms with Gasteiger partial charge in [0.1, 0.15) is 6.04 Å². The topological polar surface area (TPSA) is 79.3 Å². The van der Waals surface area contributed by atoms with Crippen molar-refractivity contribution >= 4 is 17.9 Å². The van der Waals surface area contributed by atoms with Crippen molar-refractivity contribution in [3.63, 3.8) is 0 Å². The molecule has 0 N–H and O–H groups in total. The highest BCUT2D eigenvalue weighted by atomic mass is 16.2. The Morgan fingerprint density at radius 3 is 2.38 bits per heavy atom. The fourth-order valence-electron chi connectivity index (χ4n) is 5.67. The van der Waals surface area contributed by atoms with Crippen molar-refractivity contribution in [3.05, 3.63) is 155 Å². The van der Waals surface area contributed by atoms with E-state index in [1.807, 2.05) is 103 Å². The van der Waals surface area contributed by atoms with E-state index in [2.05, 4.69) is 27.3 Å². The number of fused-ring (bicyclic) bond motifs is 1. The van der Waals surface area contributed by atoms with Gasteiger partial charge in [-0.25, -0.2) is 0 Å². The van der Waals surface area contributed by atoms with Crippen LogP contribution in [0.2, 0.25) is 0 Å². The molecule has 0 bridgehead atoms. The maximum atomic E-state index is 14.5. The molecule has 7 nitrogen and oxygen atoms in total. The first-order valence-electron chi connectivity index (χ1n) is 15.2. The molecule has 1 unspecified atom stereocenters. The number of carbonyl (C=O) groups excluding carboxylic acids is 2. The molecule has 5 aromatic rings. The maximum absolute atomic E-state index is 14.5. The zero-order valence-electron chi connectivity index (χ0n) is 25.3. The van der Waals surface area contributed by atoms with Crippen molar-refractivity contribution in [2.24, 2.45) is 0 Å². The molecule has 45 heavy (non-hydrogen) atoms. The van der Waals surface area contributed by atoms with Crippen LogP contribution in [0.5, 0.6) is 0 Å². The van der Waals surface area contributed by atoms with Gasteiger partial charge in [0, 0.05) is 50.1 Å². The van der Waals surface area contributed by atoms with Gasteiger partial charge in [0.15, 0.2) is 0 Å². The van der Waals surface area contributed by atoms with Gasteiger partial charge in [0.2, 0.25) is 11.8 Å². The zero-order valence-corrected chi connectivity index (χ0v) is 25.3. The van der Waals surface area contributed by atoms with E-state index in [-0.39, 0.29) is 18.4 Å². The molecule has 3 heterocycles. The normalized spacial score (nSPS) is 13.3. The number of carbonyl (C=O) groups is 2. The second kappa shape index (κ2) is 13.9. The van der Waals surface area contributed by atoms with Crippen molar-refractivity contribution in [1.82, 2.24) is 25.0 Å². The number of aromatic nitrogens is 3. The summed E-state index contributed by atoms with van der Waals surface area (Å²) in [5.74, 6) is -0.304. The van der Waals surface area contributed by atoms with Crippen LogP contribution in [0.4, 0.5) is 0 Å². The highest BCUT2D eigenvalue weighted by Crippen LogP contribution is 2.24. The van der Waals surface area contributed by atoms with Crippen LogP contribution in [0, 0.1) is 6.92 Å². The predicted octanol–water partition coefficient (Wildman–Crippen LogP) is 6.09. The molecule has 0 aliphatic carbocycles. The summed E-state index contributed by atoms with van der Waals surface area (Å²) in [7, 11) is 0. The summed E-state index contributed by atoms with van der Waals surface area (Å²) in [4.78, 5) is 36.6. The van der Waals surface area contributed by atoms with E-state index in [9.17, 15) is 9.59 Å². The van der Waals surface area contributed by atoms with Crippen LogP contribution < -0.4 is 0 Å². The minimum Gasteiger partial charge on any atom is -0.336 e. The van der Waals surface area contributed by atoms with Crippen LogP contribution in [-0.2, 0) is 35.5 Å². The number of nitrogens with zero attached hydrogens (tertiary/aromatic N) is 5. The minimum absolute atomic E-state index is 0.0558. The lowest BCUT2D eigenvalue weighted by Crippen LogP contribution is -2.52. The van der Waals surface area contributed by atoms with Gasteiger partial charge in [-0.1, -0.05) is 84.9 Å². The van der Waals surface area contributed by atoms with Gasteiger partial charge in [-0.2, -0.15) is 10.2 Å². The fraction of sp³-hybridized carbons (Fsp3) is 0.184. The van der Waals surface area contributed by atoms with E-state index >= 15 is 0 Å². The van der Waals surface area contributed by atoms with Crippen LogP contribution in [0.15, 0.2) is 122 Å². The molecule has 0 saturated carbocycles. The molecule has 7 heteroatoms. The van der Waals surface area contributed by atoms with Gasteiger partial charge in [-0.3, -0.25) is 14.6 Å². The molecule has 0 fully saturated rings. The van der Waals surface area contributed by atoms with Gasteiger partial charge in [-0.15, -0.1) is 0 Å². The van der Waals surface area contributed by atoms with Crippen LogP contribution in [0.3, 0.4) is 0 Å². The number of hydrogen-bond acceptors (Lipinski definition) is 5. The number of hydrogen-bond donors (Lipinski definition) is 0. The first-order chi connectivity index (χ1) is 22.0. The maximum Gasteiger partial charge on any atom is 0.247 e. The van der Waals surface area contributed by atoms with Crippen molar-refractivity contribution in [1.29, 1.82) is 0 Å². The zero-order chi connectivity index (χ0) is 31.0. The Balaban J connectivity index is 1.34. The summed E-state index contributed by atoms with van der Waals surface area (Å²) in [5, 5.41) is 8.20. The van der Waals surface area contributed by atoms with E-state index < -0.39 is 6.04 Å². The molecule has 1 aliphatic heterocycles. The molecule has 1 aliphatic rings. The highest BCUT2D eigenvalue weighted by Gasteiger charge is 2.34. The number of aryl methyl sites for hydroxylation is 1. The average Bonchev–Trinajstić information content (AvgIpc) is 3.10. The van der Waals surface area contributed by atoms with Gasteiger partial charge in [0.25, 0.3) is 0 Å². The monoisotopic (exact) mass is 593 g/mol. The quantitative estimate of drug-likeness (QED) is 0.194. The second-order valence-corrected chi connectivity index (χ2v) is 11.3. The SMILES string of the molecule is Cc1ccc(C=CC(=O)N(Cc2ccc(-c3cccnn3)cc2)C(Cc2ccccc2)C(=O)N2CCc3ccccc3C2)nc1. The Morgan fingerprint density at radius 2 is 1.64 bits per heavy atom. The molecular weight excluding hydrogens is 558 g/mol. The third kappa shape index (κ3) is 7.39. The molecule has 6 rings (SSSR count). The van der Waals surface area contributed by atoms with E-state index in [1.54, 1.807) is 23.4 Å². The van der Waals surface area contributed by atoms with Crippen molar-refractivity contribution in [2.75, 3.05) is 6.54 Å². The molecule has 3 aromatic carbocycles. The average molecular weight is 594 g/mol. The number of rotatable bonds is 9. The van der Waals surface area contributed by atoms with Crippen molar-refractivity contribution in [2.45, 2.75) is 38.9 Å². The lowest BCUT2D eigenvalue weighted by atomic mass is 9.97. The molecule has 224 valence electrons. The van der Waals surface area contributed by atoms with Crippen molar-refractivity contribution < 1.29 is 9.59 Å². The summed E-state index contributed by atoms with van der Waals surface area (Å²) >= 11 is 0. The molecular formula is C38H35N5O2. The molecule has 2 aromatic heterocycles. The minimum atomic E-state index is -0.708. The number of amides is 2. The smallest absolute Gasteiger partial charge is 0.247 e. The van der Waals surface area contributed by atoms with Gasteiger partial charge in [0.05, 0.1) is 11.4 Å². The van der Waals surface area contributed by atoms with Crippen molar-refractivity contribution in [3.8, 4) is 11.3 Å². The Hall–Kier alpha value is -5.43. The Morgan fingerprint density at radius 1 is 0.867 bits per heavy atom. The standard InChI is InChI=1S/C38H35N5O2/c1-28-13-18-34(39-25-28)19-20-37(44)43(26-30-14-16-32(17-15-30)35-12-7-22-40-41-35)36(24-29-8-3-2-4-9-29)38(45)42-23-21-31-10-5-6-11-33(31)27-42/h2-20,22,25,36H,21,23-24,26-27H2,1H3. The van der Waals surface area contributed by atoms with E-state index in [1.165, 1.54) is 11.6 Å². The van der Waals surface area contributed by atoms with Crippen LogP contribution in [0.1, 0.15) is 33.5 Å². The van der Waals surface area contributed by atoms with Crippen LogP contribution in [0.25, 0.3) is 17.3 Å². The summed E-state index contributed by atoms with van der Waals surface area (Å²) in [6, 6.07) is 33.0. The first kappa shape index (κ1) is 29.6. The first-order valence-corrected chi connectivity index (χ1v) is 15.2. The Kier molecular flexibility index (Phi) is 9.16. The van der Waals surface area contributed by atoms with Crippen LogP contribution in [-0.4, -0.2) is 49.4 Å². The Bertz CT molecular complexity index is 1770. The largest absolute Gasteiger partial charge is 0.336 e. The third-order valence-corrected chi connectivity index (χ3v) is 8.16. The number of pyridine rings is 1. The highest BCUT2D eigenvalue weighted by molar-refractivity contribution is 5.95. The summed E-state index contributed by atoms with van der Waals surface area (Å²) in [6.45, 7) is 3.37. The molecule has 0 spiro atoms. The summed E-state index contributed by atoms with van der Waals surface area (Å²) < 4.78 is 0. The fourth-order valence-corrected chi connectivity index (χ4v) is 5.67. The van der Waals surface area contributed by atoms with E-state index in [4.69, 9.17) is 0 Å². The van der Waals surface area contributed by atoms with Gasteiger partial charge in [-0.05, 0) is 65.4 Å². The van der Waals surface area contributed by atoms with E-state index in [0.29, 0.717) is 25.2 Å². The van der Waals surface area contributed by atoms with Crippen LogP contribution >= 0.6 is 0 Å². The predicted molar refractivity (Wildman–Crippen MR) is 176 cm³/mol. The molecule has 0 saturated heterocycles. The molecule has 1 atom stereocenters. The summed E-state index contributed by atoms with van der Waals surface area (Å²) in [6.07, 6.45) is 7.85. The van der Waals surface area contributed by atoms with Gasteiger partial charge >= 0.3 is 0 Å². The molecule has 2 amide bonds. The summed E-state index contributed by atoms with van der Waals surface area (Å²) in [5.41, 5.74) is 7.75. The van der Waals surface area contributed by atoms with Gasteiger partial charge < -0.3 is 9.80 Å². The second-order valence-electron chi connectivity index (χ2n) is 11.3. The lowest BCUT2D eigenvalue weighted by Gasteiger charge is -2.37. The molecule has 0 radical (unpaired) electrons. The lowest BCUT2D eigenvalue weighted by molar-refractivity contribution is -0.144.